The number of fused-ring (bicyclic) bond motifs is 1. The predicted molar refractivity (Wildman–Crippen MR) is 169 cm³/mol. The molecule has 1 fully saturated rings. The fourth-order valence-electron chi connectivity index (χ4n) is 5.91. The predicted octanol–water partition coefficient (Wildman–Crippen LogP) is 5.07. The number of halogens is 3. The van der Waals surface area contributed by atoms with Crippen molar-refractivity contribution in [1.82, 2.24) is 25.4 Å². The minimum atomic E-state index is -0.715. The molecule has 0 saturated carbocycles. The maximum Gasteiger partial charge on any atom is 0.279 e. The molecule has 6 rings (SSSR count). The summed E-state index contributed by atoms with van der Waals surface area (Å²) in [5.41, 5.74) is 2.78. The molecule has 3 heterocycles. The lowest BCUT2D eigenvalue weighted by Crippen LogP contribution is -2.36. The molecule has 2 aromatic carbocycles. The van der Waals surface area contributed by atoms with Gasteiger partial charge in [0.05, 0.1) is 28.5 Å². The lowest BCUT2D eigenvalue weighted by molar-refractivity contribution is -0.119. The van der Waals surface area contributed by atoms with Crippen molar-refractivity contribution in [2.75, 3.05) is 19.0 Å². The highest BCUT2D eigenvalue weighted by molar-refractivity contribution is 6.39. The number of carbonyl (C=O) groups excluding carboxylic acids is 2. The van der Waals surface area contributed by atoms with Crippen LogP contribution in [0.25, 0.3) is 22.4 Å². The van der Waals surface area contributed by atoms with Crippen molar-refractivity contribution in [2.24, 2.45) is 7.05 Å². The van der Waals surface area contributed by atoms with E-state index in [9.17, 15) is 14.4 Å². The monoisotopic (exact) mass is 650 g/mol. The van der Waals surface area contributed by atoms with Gasteiger partial charge < -0.3 is 20.7 Å². The molecule has 4 aromatic rings. The fraction of sp³-hybridized carbons (Fsp3) is 0.281. The average molecular weight is 652 g/mol. The van der Waals surface area contributed by atoms with Gasteiger partial charge in [0, 0.05) is 60.5 Å². The maximum absolute atomic E-state index is 15.4. The molecule has 2 amide bonds. The first-order valence-corrected chi connectivity index (χ1v) is 15.1. The Morgan fingerprint density at radius 3 is 2.67 bits per heavy atom. The summed E-state index contributed by atoms with van der Waals surface area (Å²) >= 11 is 13.6. The first-order chi connectivity index (χ1) is 21.7. The highest BCUT2D eigenvalue weighted by atomic mass is 35.5. The van der Waals surface area contributed by atoms with Gasteiger partial charge in [0.25, 0.3) is 11.5 Å². The zero-order valence-corrected chi connectivity index (χ0v) is 25.9. The van der Waals surface area contributed by atoms with E-state index in [4.69, 9.17) is 32.9 Å². The number of hydrogen-bond donors (Lipinski definition) is 3. The number of hydrogen-bond acceptors (Lipinski definition) is 7. The third-order valence-electron chi connectivity index (χ3n) is 8.18. The van der Waals surface area contributed by atoms with E-state index in [1.54, 1.807) is 25.3 Å². The Bertz CT molecular complexity index is 1900. The van der Waals surface area contributed by atoms with Crippen LogP contribution >= 0.6 is 23.2 Å². The topological polar surface area (TPSA) is 127 Å². The summed E-state index contributed by atoms with van der Waals surface area (Å²) in [6, 6.07) is 11.0. The summed E-state index contributed by atoms with van der Waals surface area (Å²) < 4.78 is 22.1. The molecule has 0 bridgehead atoms. The summed E-state index contributed by atoms with van der Waals surface area (Å²) in [6.07, 6.45) is 4.31. The number of ether oxygens (including phenoxy) is 1. The highest BCUT2D eigenvalue weighted by Gasteiger charge is 2.30. The Hall–Kier alpha value is -4.32. The van der Waals surface area contributed by atoms with Crippen LogP contribution in [0.3, 0.4) is 0 Å². The van der Waals surface area contributed by atoms with Gasteiger partial charge >= 0.3 is 0 Å². The van der Waals surface area contributed by atoms with E-state index >= 15 is 4.39 Å². The first kappa shape index (κ1) is 30.7. The zero-order valence-electron chi connectivity index (χ0n) is 24.4. The molecular formula is C32H29Cl2FN6O4. The van der Waals surface area contributed by atoms with E-state index in [0.29, 0.717) is 35.7 Å². The van der Waals surface area contributed by atoms with Crippen LogP contribution < -0.4 is 26.2 Å². The fourth-order valence-corrected chi connectivity index (χ4v) is 6.53. The third kappa shape index (κ3) is 5.90. The normalized spacial score (nSPS) is 17.2. The SMILES string of the molecule is COc1nc(-c2cccc(-c3c(F)ccc(NC(=O)c4ccnn(C)c4=O)c3Cl)c2Cl)cc2c1[C@@H](NC[C@@H]1CCC(=O)N1)CC2. The number of amides is 2. The number of carbonyl (C=O) groups is 2. The van der Waals surface area contributed by atoms with Crippen LogP contribution in [0, 0.1) is 5.82 Å². The number of aromatic nitrogens is 3. The van der Waals surface area contributed by atoms with Gasteiger partial charge in [-0.05, 0) is 49.1 Å². The van der Waals surface area contributed by atoms with Crippen LogP contribution in [0.5, 0.6) is 5.88 Å². The molecule has 2 aliphatic rings. The van der Waals surface area contributed by atoms with Crippen molar-refractivity contribution in [3.8, 4) is 28.3 Å². The summed E-state index contributed by atoms with van der Waals surface area (Å²) in [4.78, 5) is 41.7. The van der Waals surface area contributed by atoms with Crippen molar-refractivity contribution in [3.05, 3.63) is 91.6 Å². The molecule has 13 heteroatoms. The number of anilines is 1. The first-order valence-electron chi connectivity index (χ1n) is 14.4. The quantitative estimate of drug-likeness (QED) is 0.243. The molecule has 0 unspecified atom stereocenters. The maximum atomic E-state index is 15.4. The molecule has 1 aliphatic carbocycles. The summed E-state index contributed by atoms with van der Waals surface area (Å²) in [6.45, 7) is 0.652. The highest BCUT2D eigenvalue weighted by Crippen LogP contribution is 2.45. The van der Waals surface area contributed by atoms with Crippen molar-refractivity contribution in [2.45, 2.75) is 37.8 Å². The molecule has 2 atom stereocenters. The van der Waals surface area contributed by atoms with Crippen LogP contribution in [0.4, 0.5) is 10.1 Å². The van der Waals surface area contributed by atoms with E-state index in [0.717, 1.165) is 35.1 Å². The van der Waals surface area contributed by atoms with Gasteiger partial charge in [0.15, 0.2) is 0 Å². The molecule has 1 saturated heterocycles. The van der Waals surface area contributed by atoms with Gasteiger partial charge in [-0.25, -0.2) is 14.1 Å². The number of benzene rings is 2. The Morgan fingerprint density at radius 2 is 1.91 bits per heavy atom. The van der Waals surface area contributed by atoms with E-state index in [1.165, 1.54) is 31.4 Å². The van der Waals surface area contributed by atoms with Crippen LogP contribution in [-0.4, -0.2) is 46.3 Å². The molecule has 232 valence electrons. The van der Waals surface area contributed by atoms with Crippen molar-refractivity contribution in [3.63, 3.8) is 0 Å². The number of aryl methyl sites for hydroxylation is 2. The lowest BCUT2D eigenvalue weighted by Gasteiger charge is -2.20. The van der Waals surface area contributed by atoms with Gasteiger partial charge in [0.2, 0.25) is 11.8 Å². The van der Waals surface area contributed by atoms with E-state index in [1.807, 2.05) is 6.07 Å². The minimum absolute atomic E-state index is 0.0136. The lowest BCUT2D eigenvalue weighted by atomic mass is 9.98. The largest absolute Gasteiger partial charge is 0.481 e. The van der Waals surface area contributed by atoms with Gasteiger partial charge in [-0.1, -0.05) is 41.4 Å². The van der Waals surface area contributed by atoms with E-state index in [-0.39, 0.29) is 44.9 Å². The van der Waals surface area contributed by atoms with Crippen LogP contribution in [0.1, 0.15) is 46.8 Å². The molecule has 45 heavy (non-hydrogen) atoms. The Labute approximate surface area is 267 Å². The van der Waals surface area contributed by atoms with Gasteiger partial charge in [-0.2, -0.15) is 5.10 Å². The smallest absolute Gasteiger partial charge is 0.279 e. The Morgan fingerprint density at radius 1 is 1.11 bits per heavy atom. The zero-order chi connectivity index (χ0) is 31.8. The molecule has 0 spiro atoms. The Kier molecular flexibility index (Phi) is 8.59. The summed E-state index contributed by atoms with van der Waals surface area (Å²) in [5, 5.41) is 13.1. The minimum Gasteiger partial charge on any atom is -0.481 e. The van der Waals surface area contributed by atoms with Crippen LogP contribution in [0.2, 0.25) is 10.0 Å². The average Bonchev–Trinajstić information content (AvgIpc) is 3.64. The third-order valence-corrected chi connectivity index (χ3v) is 8.98. The van der Waals surface area contributed by atoms with E-state index in [2.05, 4.69) is 21.0 Å². The van der Waals surface area contributed by atoms with Crippen molar-refractivity contribution < 1.29 is 18.7 Å². The second kappa shape index (κ2) is 12.6. The molecule has 3 N–H and O–H groups in total. The summed E-state index contributed by atoms with van der Waals surface area (Å²) in [5.74, 6) is -0.826. The van der Waals surface area contributed by atoms with Gasteiger partial charge in [-0.15, -0.1) is 0 Å². The second-order valence-corrected chi connectivity index (χ2v) is 11.7. The van der Waals surface area contributed by atoms with Crippen molar-refractivity contribution >= 4 is 40.7 Å². The number of rotatable bonds is 8. The van der Waals surface area contributed by atoms with Crippen LogP contribution in [0.15, 0.2) is 53.5 Å². The standard InChI is InChI=1S/C32H29Cl2FN6O4/c1-41-32(44)20(12-13-37-41)30(43)39-23-10-8-21(35)27(29(23)34)19-5-3-4-18(28(19)33)24-14-16-6-9-22(26(16)31(40-24)45-2)36-15-17-7-11-25(42)38-17/h3-5,8,10,12-14,17,22,36H,6-7,9,11,15H2,1-2H3,(H,38,42)(H,39,43)/t17-,22-/m0/s1. The second-order valence-electron chi connectivity index (χ2n) is 11.0. The number of nitrogens with zero attached hydrogens (tertiary/aromatic N) is 3. The number of nitrogens with one attached hydrogen (secondary N) is 3. The van der Waals surface area contributed by atoms with Gasteiger partial charge in [0.1, 0.15) is 11.4 Å². The molecule has 0 radical (unpaired) electrons. The molecular weight excluding hydrogens is 622 g/mol. The summed E-state index contributed by atoms with van der Waals surface area (Å²) in [7, 11) is 2.99. The van der Waals surface area contributed by atoms with Gasteiger partial charge in [-0.3, -0.25) is 14.4 Å². The van der Waals surface area contributed by atoms with E-state index < -0.39 is 17.3 Å². The number of pyridine rings is 1. The Balaban J connectivity index is 1.31. The molecule has 1 aliphatic heterocycles. The van der Waals surface area contributed by atoms with Crippen LogP contribution in [-0.2, 0) is 18.3 Å². The van der Waals surface area contributed by atoms with Crippen molar-refractivity contribution in [1.29, 1.82) is 0 Å². The molecule has 2 aromatic heterocycles. The number of methoxy groups -OCH3 is 1. The molecule has 10 nitrogen and oxygen atoms in total.